The molecular formula is C12H16N4O6. The van der Waals surface area contributed by atoms with Crippen molar-refractivity contribution in [1.82, 2.24) is 15.2 Å². The molecule has 0 aliphatic rings. The molecule has 0 fully saturated rings. The maximum Gasteiger partial charge on any atom is 0.326 e. The van der Waals surface area contributed by atoms with Crippen molar-refractivity contribution in [1.29, 1.82) is 0 Å². The molecule has 2 amide bonds. The molecule has 3 N–H and O–H groups in total. The van der Waals surface area contributed by atoms with Crippen molar-refractivity contribution in [2.75, 3.05) is 13.1 Å². The number of carbonyl (C=O) groups is 3. The van der Waals surface area contributed by atoms with E-state index in [0.29, 0.717) is 0 Å². The Morgan fingerprint density at radius 1 is 1.45 bits per heavy atom. The van der Waals surface area contributed by atoms with E-state index in [1.54, 1.807) is 0 Å². The number of amides is 2. The van der Waals surface area contributed by atoms with Crippen LogP contribution in [0.15, 0.2) is 12.1 Å². The van der Waals surface area contributed by atoms with E-state index in [2.05, 4.69) is 10.3 Å². The molecule has 1 heterocycles. The van der Waals surface area contributed by atoms with Crippen LogP contribution < -0.4 is 5.32 Å². The van der Waals surface area contributed by atoms with Crippen molar-refractivity contribution in [3.63, 3.8) is 0 Å². The van der Waals surface area contributed by atoms with Crippen LogP contribution in [0.1, 0.15) is 24.3 Å². The number of carbonyl (C=O) groups excluding carboxylic acids is 2. The molecule has 120 valence electrons. The SMILES string of the molecule is CC(=O)NCCN(C(=O)c1ccc([N+](=O)[O-])[nH]1)C(C)C(=O)O. The number of carboxylic acids is 1. The van der Waals surface area contributed by atoms with E-state index in [9.17, 15) is 24.5 Å². The van der Waals surface area contributed by atoms with E-state index in [0.717, 1.165) is 11.0 Å². The van der Waals surface area contributed by atoms with Gasteiger partial charge in [-0.3, -0.25) is 9.59 Å². The molecule has 0 saturated heterocycles. The van der Waals surface area contributed by atoms with Crippen LogP contribution >= 0.6 is 0 Å². The van der Waals surface area contributed by atoms with Gasteiger partial charge in [0.05, 0.1) is 0 Å². The zero-order valence-electron chi connectivity index (χ0n) is 12.0. The van der Waals surface area contributed by atoms with Gasteiger partial charge in [0.1, 0.15) is 6.04 Å². The molecule has 1 aromatic rings. The molecule has 1 unspecified atom stereocenters. The van der Waals surface area contributed by atoms with E-state index in [4.69, 9.17) is 5.11 Å². The number of aromatic nitrogens is 1. The first-order chi connectivity index (χ1) is 10.2. The van der Waals surface area contributed by atoms with Crippen LogP contribution in [0.2, 0.25) is 0 Å². The normalized spacial score (nSPS) is 11.5. The number of carboxylic acid groups (broad SMARTS) is 1. The van der Waals surface area contributed by atoms with Crippen LogP contribution in [0.5, 0.6) is 0 Å². The van der Waals surface area contributed by atoms with Gasteiger partial charge < -0.3 is 25.4 Å². The maximum absolute atomic E-state index is 12.3. The highest BCUT2D eigenvalue weighted by molar-refractivity contribution is 5.95. The molecule has 10 nitrogen and oxygen atoms in total. The third-order valence-electron chi connectivity index (χ3n) is 2.91. The lowest BCUT2D eigenvalue weighted by Crippen LogP contribution is -2.46. The first-order valence-corrected chi connectivity index (χ1v) is 6.35. The maximum atomic E-state index is 12.3. The minimum atomic E-state index is -1.22. The standard InChI is InChI=1S/C12H16N4O6/c1-7(12(19)20)15(6-5-13-8(2)17)11(18)9-3-4-10(14-9)16(21)22/h3-4,7,14H,5-6H2,1-2H3,(H,13,17)(H,19,20). The molecule has 22 heavy (non-hydrogen) atoms. The first-order valence-electron chi connectivity index (χ1n) is 6.35. The highest BCUT2D eigenvalue weighted by Crippen LogP contribution is 2.13. The largest absolute Gasteiger partial charge is 0.480 e. The number of hydrogen-bond donors (Lipinski definition) is 3. The zero-order chi connectivity index (χ0) is 16.9. The second kappa shape index (κ2) is 7.20. The fraction of sp³-hybridized carbons (Fsp3) is 0.417. The van der Waals surface area contributed by atoms with Crippen LogP contribution in [0, 0.1) is 10.1 Å². The Hall–Kier alpha value is -2.91. The number of aliphatic carboxylic acids is 1. The lowest BCUT2D eigenvalue weighted by atomic mass is 10.2. The summed E-state index contributed by atoms with van der Waals surface area (Å²) in [6.45, 7) is 2.63. The van der Waals surface area contributed by atoms with Gasteiger partial charge >= 0.3 is 11.8 Å². The van der Waals surface area contributed by atoms with E-state index in [1.807, 2.05) is 0 Å². The summed E-state index contributed by atoms with van der Waals surface area (Å²) in [7, 11) is 0. The van der Waals surface area contributed by atoms with E-state index in [-0.39, 0.29) is 30.5 Å². The van der Waals surface area contributed by atoms with E-state index < -0.39 is 22.8 Å². The van der Waals surface area contributed by atoms with Crippen LogP contribution in [-0.2, 0) is 9.59 Å². The van der Waals surface area contributed by atoms with Crippen LogP contribution in [0.3, 0.4) is 0 Å². The minimum absolute atomic E-state index is 0.0430. The second-order valence-electron chi connectivity index (χ2n) is 4.51. The Balaban J connectivity index is 2.92. The Bertz CT molecular complexity index is 596. The topological polar surface area (TPSA) is 146 Å². The summed E-state index contributed by atoms with van der Waals surface area (Å²) in [6.07, 6.45) is 0. The average Bonchev–Trinajstić information content (AvgIpc) is 2.91. The third-order valence-corrected chi connectivity index (χ3v) is 2.91. The Morgan fingerprint density at radius 2 is 2.09 bits per heavy atom. The van der Waals surface area contributed by atoms with Gasteiger partial charge in [-0.2, -0.15) is 0 Å². The Morgan fingerprint density at radius 3 is 2.55 bits per heavy atom. The molecular weight excluding hydrogens is 296 g/mol. The van der Waals surface area contributed by atoms with Crippen molar-refractivity contribution >= 4 is 23.6 Å². The second-order valence-corrected chi connectivity index (χ2v) is 4.51. The molecule has 0 aliphatic heterocycles. The van der Waals surface area contributed by atoms with E-state index in [1.165, 1.54) is 19.9 Å². The summed E-state index contributed by atoms with van der Waals surface area (Å²) < 4.78 is 0. The fourth-order valence-electron chi connectivity index (χ4n) is 1.73. The Kier molecular flexibility index (Phi) is 5.61. The van der Waals surface area contributed by atoms with Gasteiger partial charge in [0, 0.05) is 26.1 Å². The molecule has 0 bridgehead atoms. The summed E-state index contributed by atoms with van der Waals surface area (Å²) >= 11 is 0. The van der Waals surface area contributed by atoms with Gasteiger partial charge in [-0.15, -0.1) is 0 Å². The molecule has 0 saturated carbocycles. The number of aromatic amines is 1. The first kappa shape index (κ1) is 17.1. The summed E-state index contributed by atoms with van der Waals surface area (Å²) in [6, 6.07) is 1.18. The average molecular weight is 312 g/mol. The highest BCUT2D eigenvalue weighted by atomic mass is 16.6. The predicted octanol–water partition coefficient (Wildman–Crippen LogP) is -0.0257. The monoisotopic (exact) mass is 312 g/mol. The third kappa shape index (κ3) is 4.30. The number of nitrogens with one attached hydrogen (secondary N) is 2. The number of H-pyrrole nitrogens is 1. The summed E-state index contributed by atoms with van der Waals surface area (Å²) in [4.78, 5) is 47.5. The van der Waals surface area contributed by atoms with Crippen LogP contribution in [-0.4, -0.2) is 56.8 Å². The molecule has 10 heteroatoms. The number of rotatable bonds is 7. The van der Waals surface area contributed by atoms with Gasteiger partial charge in [0.25, 0.3) is 5.91 Å². The van der Waals surface area contributed by atoms with Crippen molar-refractivity contribution in [3.05, 3.63) is 27.9 Å². The molecule has 0 spiro atoms. The zero-order valence-corrected chi connectivity index (χ0v) is 12.0. The van der Waals surface area contributed by atoms with Gasteiger partial charge in [0.15, 0.2) is 5.69 Å². The fourth-order valence-corrected chi connectivity index (χ4v) is 1.73. The van der Waals surface area contributed by atoms with E-state index >= 15 is 0 Å². The van der Waals surface area contributed by atoms with Gasteiger partial charge in [-0.1, -0.05) is 0 Å². The van der Waals surface area contributed by atoms with Crippen molar-refractivity contribution in [2.45, 2.75) is 19.9 Å². The number of nitro groups is 1. The van der Waals surface area contributed by atoms with Gasteiger partial charge in [-0.25, -0.2) is 9.78 Å². The number of nitrogens with zero attached hydrogens (tertiary/aromatic N) is 2. The summed E-state index contributed by atoms with van der Waals surface area (Å²) in [5, 5.41) is 22.1. The lowest BCUT2D eigenvalue weighted by Gasteiger charge is -2.25. The van der Waals surface area contributed by atoms with Gasteiger partial charge in [0.2, 0.25) is 5.91 Å². The summed E-state index contributed by atoms with van der Waals surface area (Å²) in [5.74, 6) is -2.61. The number of hydrogen-bond acceptors (Lipinski definition) is 5. The Labute approximate surface area is 125 Å². The molecule has 0 radical (unpaired) electrons. The molecule has 0 aromatic carbocycles. The molecule has 1 rings (SSSR count). The molecule has 1 aromatic heterocycles. The quantitative estimate of drug-likeness (QED) is 0.476. The lowest BCUT2D eigenvalue weighted by molar-refractivity contribution is -0.389. The van der Waals surface area contributed by atoms with Crippen LogP contribution in [0.25, 0.3) is 0 Å². The van der Waals surface area contributed by atoms with Crippen molar-refractivity contribution < 1.29 is 24.4 Å². The smallest absolute Gasteiger partial charge is 0.326 e. The molecule has 0 aliphatic carbocycles. The highest BCUT2D eigenvalue weighted by Gasteiger charge is 2.29. The molecule has 1 atom stereocenters. The van der Waals surface area contributed by atoms with Gasteiger partial charge in [-0.05, 0) is 17.9 Å². The van der Waals surface area contributed by atoms with Crippen molar-refractivity contribution in [2.24, 2.45) is 0 Å². The van der Waals surface area contributed by atoms with Crippen molar-refractivity contribution in [3.8, 4) is 0 Å². The predicted molar refractivity (Wildman–Crippen MR) is 74.3 cm³/mol. The minimum Gasteiger partial charge on any atom is -0.480 e. The summed E-state index contributed by atoms with van der Waals surface area (Å²) in [5.41, 5.74) is -0.0948. The van der Waals surface area contributed by atoms with Crippen LogP contribution in [0.4, 0.5) is 5.82 Å².